The van der Waals surface area contributed by atoms with Crippen LogP contribution in [0.5, 0.6) is 0 Å². The molecule has 22 heavy (non-hydrogen) atoms. The lowest BCUT2D eigenvalue weighted by Gasteiger charge is -2.36. The number of nitrogens with zero attached hydrogens (tertiary/aromatic N) is 1. The molecule has 1 aliphatic heterocycles. The molecule has 0 aliphatic carbocycles. The van der Waals surface area contributed by atoms with Crippen molar-refractivity contribution in [2.24, 2.45) is 0 Å². The molecule has 1 N–H and O–H groups in total. The van der Waals surface area contributed by atoms with Crippen molar-refractivity contribution in [2.75, 3.05) is 26.2 Å². The van der Waals surface area contributed by atoms with Gasteiger partial charge in [-0.15, -0.1) is 24.8 Å². The number of benzene rings is 1. The lowest BCUT2D eigenvalue weighted by atomic mass is 10.0. The molecule has 128 valence electrons. The largest absolute Gasteiger partial charge is 0.390 e. The van der Waals surface area contributed by atoms with Gasteiger partial charge in [0, 0.05) is 36.7 Å². The van der Waals surface area contributed by atoms with Crippen LogP contribution in [0, 0.1) is 5.82 Å². The van der Waals surface area contributed by atoms with Crippen molar-refractivity contribution in [2.45, 2.75) is 18.6 Å². The zero-order valence-electron chi connectivity index (χ0n) is 11.5. The molecule has 0 spiro atoms. The molecule has 1 aromatic carbocycles. The molecule has 2 nitrogen and oxygen atoms in total. The third-order valence-electron chi connectivity index (χ3n) is 3.34. The van der Waals surface area contributed by atoms with Gasteiger partial charge in [0.15, 0.2) is 0 Å². The van der Waals surface area contributed by atoms with Crippen molar-refractivity contribution >= 4 is 40.7 Å². The number of hydrogen-bond acceptors (Lipinski definition) is 2. The molecule has 1 saturated heterocycles. The second-order valence-corrected chi connectivity index (χ2v) is 5.64. The van der Waals surface area contributed by atoms with E-state index < -0.39 is 24.5 Å². The Morgan fingerprint density at radius 2 is 1.77 bits per heavy atom. The van der Waals surface area contributed by atoms with Crippen LogP contribution in [0.1, 0.15) is 18.0 Å². The topological polar surface area (TPSA) is 15.3 Å². The first kappa shape index (κ1) is 21.9. The molecule has 1 heterocycles. The standard InChI is InChI=1S/C13H15BrF4N2.2ClH/c14-11-7-9(15)1-2-10(11)12(8-13(16,17)18)20-5-3-19-4-6-20;;/h1-2,7,12,19H,3-6,8H2;2*1H/t12-;;/m1../s1. The molecule has 0 radical (unpaired) electrons. The molecular formula is C13H17BrCl2F4N2. The highest BCUT2D eigenvalue weighted by molar-refractivity contribution is 9.10. The van der Waals surface area contributed by atoms with E-state index in [1.807, 2.05) is 0 Å². The molecule has 1 fully saturated rings. The van der Waals surface area contributed by atoms with Crippen LogP contribution in [-0.2, 0) is 0 Å². The lowest BCUT2D eigenvalue weighted by molar-refractivity contribution is -0.148. The second-order valence-electron chi connectivity index (χ2n) is 4.79. The second kappa shape index (κ2) is 9.27. The third kappa shape index (κ3) is 6.20. The van der Waals surface area contributed by atoms with Gasteiger partial charge in [0.05, 0.1) is 6.42 Å². The summed E-state index contributed by atoms with van der Waals surface area (Å²) in [6.07, 6.45) is -5.19. The summed E-state index contributed by atoms with van der Waals surface area (Å²) in [5, 5.41) is 3.11. The van der Waals surface area contributed by atoms with Gasteiger partial charge in [-0.05, 0) is 17.7 Å². The van der Waals surface area contributed by atoms with E-state index in [9.17, 15) is 17.6 Å². The van der Waals surface area contributed by atoms with Gasteiger partial charge in [-0.2, -0.15) is 13.2 Å². The summed E-state index contributed by atoms with van der Waals surface area (Å²) >= 11 is 3.17. The molecular weight excluding hydrogens is 411 g/mol. The third-order valence-corrected chi connectivity index (χ3v) is 4.03. The van der Waals surface area contributed by atoms with Gasteiger partial charge in [0.2, 0.25) is 0 Å². The maximum absolute atomic E-state index is 13.1. The van der Waals surface area contributed by atoms with Crippen molar-refractivity contribution in [1.82, 2.24) is 10.2 Å². The van der Waals surface area contributed by atoms with E-state index in [1.54, 1.807) is 4.90 Å². The van der Waals surface area contributed by atoms with E-state index in [0.717, 1.165) is 0 Å². The lowest BCUT2D eigenvalue weighted by Crippen LogP contribution is -2.46. The van der Waals surface area contributed by atoms with Crippen molar-refractivity contribution in [3.05, 3.63) is 34.1 Å². The average molecular weight is 428 g/mol. The Hall–Kier alpha value is -0.0800. The number of nitrogens with one attached hydrogen (secondary N) is 1. The fourth-order valence-corrected chi connectivity index (χ4v) is 3.04. The normalized spacial score (nSPS) is 17.3. The molecule has 1 aliphatic rings. The van der Waals surface area contributed by atoms with E-state index in [2.05, 4.69) is 21.2 Å². The quantitative estimate of drug-likeness (QED) is 0.722. The van der Waals surface area contributed by atoms with Crippen LogP contribution in [-0.4, -0.2) is 37.3 Å². The minimum atomic E-state index is -4.26. The Kier molecular flexibility index (Phi) is 9.24. The molecule has 0 unspecified atom stereocenters. The van der Waals surface area contributed by atoms with Crippen molar-refractivity contribution < 1.29 is 17.6 Å². The molecule has 0 bridgehead atoms. The first-order chi connectivity index (χ1) is 9.37. The fraction of sp³-hybridized carbons (Fsp3) is 0.538. The van der Waals surface area contributed by atoms with Crippen molar-refractivity contribution in [1.29, 1.82) is 0 Å². The minimum Gasteiger partial charge on any atom is -0.314 e. The Morgan fingerprint density at radius 3 is 2.27 bits per heavy atom. The first-order valence-corrected chi connectivity index (χ1v) is 7.12. The van der Waals surface area contributed by atoms with Crippen LogP contribution >= 0.6 is 40.7 Å². The van der Waals surface area contributed by atoms with E-state index in [0.29, 0.717) is 36.2 Å². The van der Waals surface area contributed by atoms with Gasteiger partial charge >= 0.3 is 6.18 Å². The molecule has 1 aromatic rings. The van der Waals surface area contributed by atoms with Gasteiger partial charge in [0.1, 0.15) is 5.82 Å². The van der Waals surface area contributed by atoms with Gasteiger partial charge in [-0.25, -0.2) is 4.39 Å². The van der Waals surface area contributed by atoms with E-state index in [1.165, 1.54) is 18.2 Å². The Labute approximate surface area is 147 Å². The number of piperazine rings is 1. The summed E-state index contributed by atoms with van der Waals surface area (Å²) in [6, 6.07) is 3.05. The van der Waals surface area contributed by atoms with Crippen molar-refractivity contribution in [3.63, 3.8) is 0 Å². The first-order valence-electron chi connectivity index (χ1n) is 6.33. The molecule has 0 amide bonds. The maximum Gasteiger partial charge on any atom is 0.390 e. The van der Waals surface area contributed by atoms with Gasteiger partial charge in [-0.1, -0.05) is 22.0 Å². The minimum absolute atomic E-state index is 0. The van der Waals surface area contributed by atoms with Crippen LogP contribution in [0.4, 0.5) is 17.6 Å². The average Bonchev–Trinajstić information content (AvgIpc) is 2.36. The zero-order valence-corrected chi connectivity index (χ0v) is 14.7. The molecule has 1 atom stereocenters. The SMILES string of the molecule is Cl.Cl.Fc1ccc([C@@H](CC(F)(F)F)N2CCNCC2)c(Br)c1. The van der Waals surface area contributed by atoms with E-state index in [4.69, 9.17) is 0 Å². The summed E-state index contributed by atoms with van der Waals surface area (Å²) in [5.41, 5.74) is 0.477. The van der Waals surface area contributed by atoms with Crippen LogP contribution in [0.15, 0.2) is 22.7 Å². The summed E-state index contributed by atoms with van der Waals surface area (Å²) in [7, 11) is 0. The summed E-state index contributed by atoms with van der Waals surface area (Å²) in [6.45, 7) is 2.41. The molecule has 2 rings (SSSR count). The highest BCUT2D eigenvalue weighted by Crippen LogP contribution is 2.37. The molecule has 9 heteroatoms. The van der Waals surface area contributed by atoms with E-state index in [-0.39, 0.29) is 24.8 Å². The fourth-order valence-electron chi connectivity index (χ4n) is 2.42. The Balaban J connectivity index is 0.00000220. The number of halogens is 7. The number of rotatable bonds is 3. The Bertz CT molecular complexity index is 468. The monoisotopic (exact) mass is 426 g/mol. The summed E-state index contributed by atoms with van der Waals surface area (Å²) < 4.78 is 52.0. The Morgan fingerprint density at radius 1 is 1.18 bits per heavy atom. The summed E-state index contributed by atoms with van der Waals surface area (Å²) in [5.74, 6) is -0.466. The molecule has 0 saturated carbocycles. The van der Waals surface area contributed by atoms with Crippen LogP contribution in [0.25, 0.3) is 0 Å². The van der Waals surface area contributed by atoms with Gasteiger partial charge in [-0.3, -0.25) is 4.90 Å². The van der Waals surface area contributed by atoms with E-state index >= 15 is 0 Å². The molecule has 0 aromatic heterocycles. The predicted molar refractivity (Wildman–Crippen MR) is 86.5 cm³/mol. The highest BCUT2D eigenvalue weighted by Gasteiger charge is 2.36. The zero-order chi connectivity index (χ0) is 14.8. The smallest absolute Gasteiger partial charge is 0.314 e. The predicted octanol–water partition coefficient (Wildman–Crippen LogP) is 4.33. The van der Waals surface area contributed by atoms with Crippen molar-refractivity contribution in [3.8, 4) is 0 Å². The van der Waals surface area contributed by atoms with Crippen LogP contribution < -0.4 is 5.32 Å². The van der Waals surface area contributed by atoms with Crippen LogP contribution in [0.2, 0.25) is 0 Å². The number of alkyl halides is 3. The maximum atomic E-state index is 13.1. The highest BCUT2D eigenvalue weighted by atomic mass is 79.9. The van der Waals surface area contributed by atoms with Gasteiger partial charge in [0.25, 0.3) is 0 Å². The summed E-state index contributed by atoms with van der Waals surface area (Å²) in [4.78, 5) is 1.79. The van der Waals surface area contributed by atoms with Gasteiger partial charge < -0.3 is 5.32 Å². The number of hydrogen-bond donors (Lipinski definition) is 1. The van der Waals surface area contributed by atoms with Crippen LogP contribution in [0.3, 0.4) is 0 Å².